The van der Waals surface area contributed by atoms with E-state index in [1.807, 2.05) is 6.08 Å². The predicted molar refractivity (Wildman–Crippen MR) is 82.7 cm³/mol. The molecule has 2 rings (SSSR count). The molecule has 1 atom stereocenters. The molecule has 6 nitrogen and oxygen atoms in total. The molecule has 2 aliphatic rings. The SMILES string of the molecule is CN1CCNC(CNC(=O)[N+]2=C/C=C\CC/C=C\2O)CC1. The summed E-state index contributed by atoms with van der Waals surface area (Å²) in [5.74, 6) is -0.00888. The third kappa shape index (κ3) is 4.99. The summed E-state index contributed by atoms with van der Waals surface area (Å²) in [5, 5.41) is 16.2. The normalized spacial score (nSPS) is 30.8. The monoisotopic (exact) mass is 293 g/mol. The lowest BCUT2D eigenvalue weighted by Crippen LogP contribution is -2.43. The fourth-order valence-electron chi connectivity index (χ4n) is 2.42. The van der Waals surface area contributed by atoms with E-state index >= 15 is 0 Å². The summed E-state index contributed by atoms with van der Waals surface area (Å²) in [4.78, 5) is 14.5. The van der Waals surface area contributed by atoms with Crippen LogP contribution in [0.25, 0.3) is 0 Å². The first kappa shape index (κ1) is 15.7. The molecular weight excluding hydrogens is 268 g/mol. The van der Waals surface area contributed by atoms with E-state index in [-0.39, 0.29) is 18.0 Å². The van der Waals surface area contributed by atoms with E-state index in [0.29, 0.717) is 6.54 Å². The lowest BCUT2D eigenvalue weighted by molar-refractivity contribution is -0.404. The number of likely N-dealkylation sites (N-methyl/N-ethyl adjacent to an activating group) is 1. The quantitative estimate of drug-likeness (QED) is 0.660. The van der Waals surface area contributed by atoms with Gasteiger partial charge in [-0.3, -0.25) is 0 Å². The Morgan fingerprint density at radius 1 is 1.52 bits per heavy atom. The second-order valence-electron chi connectivity index (χ2n) is 5.52. The Bertz CT molecular complexity index is 457. The number of amides is 2. The molecule has 2 amide bonds. The zero-order valence-corrected chi connectivity index (χ0v) is 12.6. The van der Waals surface area contributed by atoms with Gasteiger partial charge in [-0.05, 0) is 38.9 Å². The molecule has 0 aliphatic carbocycles. The van der Waals surface area contributed by atoms with Crippen molar-refractivity contribution in [3.8, 4) is 0 Å². The summed E-state index contributed by atoms with van der Waals surface area (Å²) in [5.41, 5.74) is 0. The minimum Gasteiger partial charge on any atom is -0.478 e. The zero-order valence-electron chi connectivity index (χ0n) is 12.6. The first-order chi connectivity index (χ1) is 10.2. The van der Waals surface area contributed by atoms with Crippen LogP contribution in [-0.4, -0.2) is 66.1 Å². The first-order valence-electron chi connectivity index (χ1n) is 7.55. The molecule has 2 aliphatic heterocycles. The molecule has 1 unspecified atom stereocenters. The maximum absolute atomic E-state index is 12.2. The molecule has 0 saturated carbocycles. The summed E-state index contributed by atoms with van der Waals surface area (Å²) >= 11 is 0. The average molecular weight is 293 g/mol. The fourth-order valence-corrected chi connectivity index (χ4v) is 2.42. The summed E-state index contributed by atoms with van der Waals surface area (Å²) in [6.07, 6.45) is 9.63. The Labute approximate surface area is 125 Å². The van der Waals surface area contributed by atoms with Crippen molar-refractivity contribution in [1.29, 1.82) is 0 Å². The van der Waals surface area contributed by atoms with Crippen LogP contribution in [0.1, 0.15) is 19.3 Å². The van der Waals surface area contributed by atoms with Gasteiger partial charge in [-0.15, -0.1) is 4.58 Å². The second-order valence-corrected chi connectivity index (χ2v) is 5.52. The fraction of sp³-hybridized carbons (Fsp3) is 0.600. The Balaban J connectivity index is 1.88. The van der Waals surface area contributed by atoms with Crippen molar-refractivity contribution < 1.29 is 14.5 Å². The smallest absolute Gasteiger partial charge is 0.478 e. The topological polar surface area (TPSA) is 67.6 Å². The number of hydrogen-bond donors (Lipinski definition) is 3. The highest BCUT2D eigenvalue weighted by molar-refractivity contribution is 5.76. The molecule has 0 aromatic rings. The van der Waals surface area contributed by atoms with Gasteiger partial charge in [0.25, 0.3) is 5.88 Å². The molecule has 116 valence electrons. The Morgan fingerprint density at radius 3 is 3.24 bits per heavy atom. The first-order valence-corrected chi connectivity index (χ1v) is 7.55. The van der Waals surface area contributed by atoms with Gasteiger partial charge >= 0.3 is 6.03 Å². The highest BCUT2D eigenvalue weighted by atomic mass is 16.3. The van der Waals surface area contributed by atoms with Crippen molar-refractivity contribution in [2.24, 2.45) is 0 Å². The van der Waals surface area contributed by atoms with E-state index in [4.69, 9.17) is 0 Å². The minimum absolute atomic E-state index is 0.00888. The number of nitrogens with one attached hydrogen (secondary N) is 2. The minimum atomic E-state index is -0.297. The molecule has 3 N–H and O–H groups in total. The number of carbonyl (C=O) groups excluding carboxylic acids is 1. The zero-order chi connectivity index (χ0) is 15.1. The van der Waals surface area contributed by atoms with Gasteiger partial charge in [-0.2, -0.15) is 4.79 Å². The lowest BCUT2D eigenvalue weighted by atomic mass is 10.2. The number of aliphatic hydroxyl groups excluding tert-OH is 1. The molecule has 1 fully saturated rings. The molecule has 0 radical (unpaired) electrons. The number of aliphatic hydroxyl groups is 1. The molecule has 0 bridgehead atoms. The number of nitrogens with zero attached hydrogens (tertiary/aromatic N) is 2. The van der Waals surface area contributed by atoms with Crippen molar-refractivity contribution in [2.45, 2.75) is 25.3 Å². The summed E-state index contributed by atoms with van der Waals surface area (Å²) in [7, 11) is 2.10. The number of urea groups is 1. The maximum atomic E-state index is 12.2. The summed E-state index contributed by atoms with van der Waals surface area (Å²) in [6, 6.07) is -0.0231. The molecule has 0 aromatic heterocycles. The van der Waals surface area contributed by atoms with E-state index in [2.05, 4.69) is 22.6 Å². The maximum Gasteiger partial charge on any atom is 0.498 e. The molecular formula is C15H25N4O2+. The van der Waals surface area contributed by atoms with Gasteiger partial charge in [0.05, 0.1) is 0 Å². The number of allylic oxidation sites excluding steroid dienone is 3. The van der Waals surface area contributed by atoms with E-state index in [1.54, 1.807) is 18.4 Å². The van der Waals surface area contributed by atoms with Crippen molar-refractivity contribution >= 4 is 12.2 Å². The van der Waals surface area contributed by atoms with Crippen molar-refractivity contribution in [3.63, 3.8) is 0 Å². The highest BCUT2D eigenvalue weighted by Gasteiger charge is 2.22. The molecule has 2 heterocycles. The van der Waals surface area contributed by atoms with Crippen LogP contribution in [0.4, 0.5) is 4.79 Å². The summed E-state index contributed by atoms with van der Waals surface area (Å²) < 4.78 is 1.25. The Kier molecular flexibility index (Phi) is 5.95. The Morgan fingerprint density at radius 2 is 2.38 bits per heavy atom. The largest absolute Gasteiger partial charge is 0.498 e. The van der Waals surface area contributed by atoms with Crippen LogP contribution in [0.3, 0.4) is 0 Å². The van der Waals surface area contributed by atoms with Crippen LogP contribution >= 0.6 is 0 Å². The van der Waals surface area contributed by atoms with Crippen molar-refractivity contribution in [2.75, 3.05) is 33.2 Å². The standard InChI is InChI=1S/C15H24N4O2/c1-18-10-7-13(16-8-11-18)12-17-15(21)19-9-5-3-2-4-6-14(19)20/h3,5-6,9,13,16H,2,4,7-8,10-12H2,1H3,(H-,17,20,21)/p+1/b5-3-,14-6+,19-9+. The van der Waals surface area contributed by atoms with E-state index in [9.17, 15) is 9.90 Å². The van der Waals surface area contributed by atoms with Crippen LogP contribution in [-0.2, 0) is 0 Å². The molecule has 1 saturated heterocycles. The summed E-state index contributed by atoms with van der Waals surface area (Å²) in [6.45, 7) is 3.55. The van der Waals surface area contributed by atoms with Crippen LogP contribution in [0.2, 0.25) is 0 Å². The van der Waals surface area contributed by atoms with Gasteiger partial charge in [-0.1, -0.05) is 6.08 Å². The van der Waals surface area contributed by atoms with Gasteiger partial charge in [0.1, 0.15) is 12.8 Å². The van der Waals surface area contributed by atoms with Crippen molar-refractivity contribution in [1.82, 2.24) is 15.5 Å². The van der Waals surface area contributed by atoms with Gasteiger partial charge in [0, 0.05) is 25.2 Å². The van der Waals surface area contributed by atoms with Gasteiger partial charge in [-0.25, -0.2) is 5.32 Å². The van der Waals surface area contributed by atoms with E-state index < -0.39 is 0 Å². The third-order valence-corrected chi connectivity index (χ3v) is 3.78. The number of carbonyl (C=O) groups is 1. The lowest BCUT2D eigenvalue weighted by Gasteiger charge is -2.13. The molecule has 6 heteroatoms. The molecule has 0 aromatic carbocycles. The second kappa shape index (κ2) is 7.95. The third-order valence-electron chi connectivity index (χ3n) is 3.78. The van der Waals surface area contributed by atoms with Gasteiger partial charge < -0.3 is 15.3 Å². The van der Waals surface area contributed by atoms with Crippen LogP contribution in [0.5, 0.6) is 0 Å². The predicted octanol–water partition coefficient (Wildman–Crippen LogP) is 0.822. The van der Waals surface area contributed by atoms with Crippen LogP contribution in [0.15, 0.2) is 24.1 Å². The number of rotatable bonds is 2. The average Bonchev–Trinajstić information content (AvgIpc) is 2.65. The number of hydrogen-bond acceptors (Lipinski definition) is 4. The van der Waals surface area contributed by atoms with Crippen LogP contribution in [0, 0.1) is 0 Å². The van der Waals surface area contributed by atoms with Crippen molar-refractivity contribution in [3.05, 3.63) is 24.1 Å². The van der Waals surface area contributed by atoms with E-state index in [1.165, 1.54) is 4.58 Å². The van der Waals surface area contributed by atoms with Gasteiger partial charge in [0.15, 0.2) is 0 Å². The molecule has 0 spiro atoms. The highest BCUT2D eigenvalue weighted by Crippen LogP contribution is 2.03. The van der Waals surface area contributed by atoms with Gasteiger partial charge in [0.2, 0.25) is 0 Å². The van der Waals surface area contributed by atoms with Crippen LogP contribution < -0.4 is 10.6 Å². The Hall–Kier alpha value is -1.66. The van der Waals surface area contributed by atoms with E-state index in [0.717, 1.165) is 38.9 Å². The molecule has 21 heavy (non-hydrogen) atoms.